The maximum atomic E-state index is 6.37. The van der Waals surface area contributed by atoms with Gasteiger partial charge in [0, 0.05) is 0 Å². The van der Waals surface area contributed by atoms with E-state index >= 15 is 0 Å². The Morgan fingerprint density at radius 3 is 1.83 bits per heavy atom. The first kappa shape index (κ1) is 18.8. The van der Waals surface area contributed by atoms with Crippen LogP contribution in [0.4, 0.5) is 0 Å². The van der Waals surface area contributed by atoms with Crippen molar-refractivity contribution in [1.82, 2.24) is 0 Å². The maximum absolute atomic E-state index is 6.37. The minimum atomic E-state index is -1.48. The van der Waals surface area contributed by atoms with Crippen molar-refractivity contribution in [2.24, 2.45) is 0 Å². The fraction of sp³-hybridized carbons (Fsp3) is 0.684. The number of hydrogen-bond donors (Lipinski definition) is 0. The molecule has 0 atom stereocenters. The van der Waals surface area contributed by atoms with E-state index in [1.807, 2.05) is 0 Å². The largest absolute Gasteiger partial charge is 0.494 e. The maximum Gasteiger partial charge on any atom is 0.494 e. The highest BCUT2D eigenvalue weighted by molar-refractivity contribution is 6.95. The zero-order valence-corrected chi connectivity index (χ0v) is 17.2. The lowest BCUT2D eigenvalue weighted by atomic mass is 9.78. The van der Waals surface area contributed by atoms with Gasteiger partial charge in [-0.25, -0.2) is 0 Å². The van der Waals surface area contributed by atoms with Gasteiger partial charge in [-0.3, -0.25) is 0 Å². The second-order valence-electron chi connectivity index (χ2n) is 8.02. The lowest BCUT2D eigenvalue weighted by Crippen LogP contribution is -2.57. The van der Waals surface area contributed by atoms with Gasteiger partial charge in [-0.15, -0.1) is 0 Å². The number of aryl methyl sites for hydroxylation is 1. The van der Waals surface area contributed by atoms with Crippen molar-refractivity contribution in [1.29, 1.82) is 0 Å². The monoisotopic (exact) mass is 332 g/mol. The molecule has 1 aromatic rings. The van der Waals surface area contributed by atoms with Crippen LogP contribution in [0.25, 0.3) is 0 Å². The molecule has 0 aromatic heterocycles. The second kappa shape index (κ2) is 6.38. The van der Waals surface area contributed by atoms with E-state index in [-0.39, 0.29) is 18.3 Å². The standard InChI is InChI=1S/C19H33BO2Si/c1-9-23(10-2,11-3)17-13-12-15(4)14-16(17)20-21-18(5,6)19(7,8)22-20/h12-14H,9-11H2,1-8H3. The third-order valence-corrected chi connectivity index (χ3v) is 12.0. The molecule has 0 amide bonds. The molecule has 2 nitrogen and oxygen atoms in total. The van der Waals surface area contributed by atoms with Crippen LogP contribution in [0.1, 0.15) is 54.0 Å². The molecule has 0 aliphatic carbocycles. The smallest absolute Gasteiger partial charge is 0.399 e. The normalized spacial score (nSPS) is 20.1. The van der Waals surface area contributed by atoms with Gasteiger partial charge in [0.15, 0.2) is 0 Å². The van der Waals surface area contributed by atoms with Gasteiger partial charge in [-0.1, -0.05) is 67.9 Å². The highest BCUT2D eigenvalue weighted by Crippen LogP contribution is 2.36. The Hall–Kier alpha value is -0.578. The predicted molar refractivity (Wildman–Crippen MR) is 104 cm³/mol. The summed E-state index contributed by atoms with van der Waals surface area (Å²) in [5, 5.41) is 1.54. The molecule has 1 fully saturated rings. The fourth-order valence-corrected chi connectivity index (χ4v) is 7.53. The van der Waals surface area contributed by atoms with Crippen LogP contribution in [0, 0.1) is 6.92 Å². The Bertz CT molecular complexity index is 540. The summed E-state index contributed by atoms with van der Waals surface area (Å²) in [6, 6.07) is 10.7. The first-order chi connectivity index (χ1) is 10.6. The topological polar surface area (TPSA) is 18.5 Å². The summed E-state index contributed by atoms with van der Waals surface area (Å²) in [4.78, 5) is 0. The summed E-state index contributed by atoms with van der Waals surface area (Å²) in [7, 11) is -1.73. The Morgan fingerprint density at radius 2 is 1.39 bits per heavy atom. The molecule has 23 heavy (non-hydrogen) atoms. The predicted octanol–water partition coefficient (Wildman–Crippen LogP) is 4.01. The van der Waals surface area contributed by atoms with Crippen molar-refractivity contribution in [3.63, 3.8) is 0 Å². The summed E-state index contributed by atoms with van der Waals surface area (Å²) in [5.74, 6) is 0. The third kappa shape index (κ3) is 3.18. The molecule has 0 saturated carbocycles. The van der Waals surface area contributed by atoms with Crippen LogP contribution >= 0.6 is 0 Å². The molecule has 1 aromatic carbocycles. The third-order valence-electron chi connectivity index (χ3n) is 6.32. The Balaban J connectivity index is 2.54. The van der Waals surface area contributed by atoms with Crippen molar-refractivity contribution < 1.29 is 9.31 Å². The molecule has 4 heteroatoms. The van der Waals surface area contributed by atoms with E-state index in [0.717, 1.165) is 0 Å². The van der Waals surface area contributed by atoms with Gasteiger partial charge in [0.1, 0.15) is 0 Å². The molecule has 1 heterocycles. The van der Waals surface area contributed by atoms with Crippen LogP contribution in [0.5, 0.6) is 0 Å². The molecule has 128 valence electrons. The van der Waals surface area contributed by atoms with Crippen molar-refractivity contribution >= 4 is 25.8 Å². The van der Waals surface area contributed by atoms with E-state index in [1.54, 1.807) is 0 Å². The van der Waals surface area contributed by atoms with Gasteiger partial charge < -0.3 is 9.31 Å². The van der Waals surface area contributed by atoms with Gasteiger partial charge in [0.25, 0.3) is 0 Å². The molecule has 0 N–H and O–H groups in total. The number of benzene rings is 1. The molecule has 0 spiro atoms. The lowest BCUT2D eigenvalue weighted by Gasteiger charge is -2.32. The lowest BCUT2D eigenvalue weighted by molar-refractivity contribution is 0.00578. The van der Waals surface area contributed by atoms with Crippen molar-refractivity contribution in [2.75, 3.05) is 0 Å². The summed E-state index contributed by atoms with van der Waals surface area (Å²) >= 11 is 0. The van der Waals surface area contributed by atoms with Crippen LogP contribution in [0.2, 0.25) is 18.1 Å². The number of rotatable bonds is 5. The fourth-order valence-electron chi connectivity index (χ4n) is 3.65. The van der Waals surface area contributed by atoms with E-state index in [9.17, 15) is 0 Å². The Morgan fingerprint density at radius 1 is 0.913 bits per heavy atom. The first-order valence-corrected chi connectivity index (χ1v) is 11.7. The Labute approximate surface area is 144 Å². The summed E-state index contributed by atoms with van der Waals surface area (Å²) in [6.45, 7) is 17.7. The zero-order chi connectivity index (χ0) is 17.5. The van der Waals surface area contributed by atoms with Crippen LogP contribution in [0.15, 0.2) is 18.2 Å². The van der Waals surface area contributed by atoms with E-state index in [1.165, 1.54) is 34.3 Å². The van der Waals surface area contributed by atoms with Crippen molar-refractivity contribution in [3.8, 4) is 0 Å². The van der Waals surface area contributed by atoms with Gasteiger partial charge in [-0.2, -0.15) is 0 Å². The molecule has 2 rings (SSSR count). The summed E-state index contributed by atoms with van der Waals surface area (Å²) in [6.07, 6.45) is 0. The van der Waals surface area contributed by atoms with Gasteiger partial charge >= 0.3 is 7.12 Å². The average Bonchev–Trinajstić information content (AvgIpc) is 2.71. The molecule has 1 saturated heterocycles. The highest BCUT2D eigenvalue weighted by atomic mass is 28.3. The van der Waals surface area contributed by atoms with Crippen molar-refractivity contribution in [2.45, 2.75) is 84.7 Å². The van der Waals surface area contributed by atoms with Crippen molar-refractivity contribution in [3.05, 3.63) is 23.8 Å². The highest BCUT2D eigenvalue weighted by Gasteiger charge is 2.53. The van der Waals surface area contributed by atoms with Gasteiger partial charge in [0.2, 0.25) is 0 Å². The van der Waals surface area contributed by atoms with Crippen LogP contribution in [-0.4, -0.2) is 26.4 Å². The van der Waals surface area contributed by atoms with E-state index in [2.05, 4.69) is 73.6 Å². The van der Waals surface area contributed by atoms with Crippen LogP contribution in [0.3, 0.4) is 0 Å². The van der Waals surface area contributed by atoms with Gasteiger partial charge in [0.05, 0.1) is 19.3 Å². The molecular weight excluding hydrogens is 299 g/mol. The van der Waals surface area contributed by atoms with E-state index in [0.29, 0.717) is 0 Å². The SMILES string of the molecule is CC[Si](CC)(CC)c1ccc(C)cc1B1OC(C)(C)C(C)(C)O1. The first-order valence-electron chi connectivity index (χ1n) is 9.09. The molecule has 0 radical (unpaired) electrons. The van der Waals surface area contributed by atoms with Crippen LogP contribution in [-0.2, 0) is 9.31 Å². The molecule has 0 unspecified atom stereocenters. The molecular formula is C19H33BO2Si. The van der Waals surface area contributed by atoms with Crippen LogP contribution < -0.4 is 10.6 Å². The molecule has 0 bridgehead atoms. The zero-order valence-electron chi connectivity index (χ0n) is 16.2. The van der Waals surface area contributed by atoms with Gasteiger partial charge in [-0.05, 0) is 40.1 Å². The molecule has 1 aliphatic heterocycles. The number of hydrogen-bond acceptors (Lipinski definition) is 2. The average molecular weight is 332 g/mol. The quantitative estimate of drug-likeness (QED) is 0.759. The van der Waals surface area contributed by atoms with E-state index < -0.39 is 8.07 Å². The molecule has 1 aliphatic rings. The minimum Gasteiger partial charge on any atom is -0.399 e. The summed E-state index contributed by atoms with van der Waals surface area (Å²) in [5.41, 5.74) is 1.99. The Kier molecular flexibility index (Phi) is 5.20. The second-order valence-corrected chi connectivity index (χ2v) is 13.2. The van der Waals surface area contributed by atoms with E-state index in [4.69, 9.17) is 9.31 Å². The minimum absolute atomic E-state index is 0.244. The summed E-state index contributed by atoms with van der Waals surface area (Å²) < 4.78 is 12.7.